The number of nitrogens with zero attached hydrogens (tertiary/aromatic N) is 1. The van der Waals surface area contributed by atoms with Gasteiger partial charge >= 0.3 is 0 Å². The van der Waals surface area contributed by atoms with Crippen LogP contribution in [-0.4, -0.2) is 4.98 Å². The Morgan fingerprint density at radius 3 is 3.44 bits per heavy atom. The zero-order valence-corrected chi connectivity index (χ0v) is 6.55. The molecule has 0 fully saturated rings. The maximum absolute atomic E-state index is 7.36. The van der Waals surface area contributed by atoms with Crippen LogP contribution < -0.4 is 0 Å². The standard InChI is InChI=1S/C6H5BrClN/c1-4-5(7)2-3-9-6(4)8/h2-3H,1H3/i1D3,2D,3D. The maximum atomic E-state index is 7.36. The molecule has 0 saturated heterocycles. The summed E-state index contributed by atoms with van der Waals surface area (Å²) in [6, 6.07) is -0.277. The van der Waals surface area contributed by atoms with E-state index in [4.69, 9.17) is 18.5 Å². The quantitative estimate of drug-likeness (QED) is 0.602. The molecule has 1 aromatic rings. The number of pyridine rings is 1. The third kappa shape index (κ3) is 1.43. The Bertz CT molecular complexity index is 377. The lowest BCUT2D eigenvalue weighted by atomic mass is 10.3. The number of hydrogen-bond acceptors (Lipinski definition) is 1. The van der Waals surface area contributed by atoms with E-state index in [0.29, 0.717) is 0 Å². The third-order valence-electron chi connectivity index (χ3n) is 0.745. The number of aromatic nitrogens is 1. The average molecular weight is 212 g/mol. The molecule has 0 atom stereocenters. The highest BCUT2D eigenvalue weighted by molar-refractivity contribution is 9.10. The first-order valence-corrected chi connectivity index (χ1v) is 3.25. The lowest BCUT2D eigenvalue weighted by Crippen LogP contribution is -1.79. The number of halogens is 2. The molecule has 1 rings (SSSR count). The third-order valence-corrected chi connectivity index (χ3v) is 1.61. The van der Waals surface area contributed by atoms with Crippen LogP contribution in [-0.2, 0) is 0 Å². The first-order valence-electron chi connectivity index (χ1n) is 4.58. The van der Waals surface area contributed by atoms with E-state index in [1.54, 1.807) is 0 Å². The predicted molar refractivity (Wildman–Crippen MR) is 41.7 cm³/mol. The van der Waals surface area contributed by atoms with E-state index < -0.39 is 6.85 Å². The van der Waals surface area contributed by atoms with E-state index in [9.17, 15) is 0 Å². The van der Waals surface area contributed by atoms with Crippen LogP contribution in [0.25, 0.3) is 0 Å². The fourth-order valence-electron chi connectivity index (χ4n) is 0.335. The summed E-state index contributed by atoms with van der Waals surface area (Å²) in [6.45, 7) is -2.44. The zero-order chi connectivity index (χ0) is 11.1. The SMILES string of the molecule is [2H]c1nc(Cl)c(C([2H])([2H])[2H])c(Br)c1[2H]. The van der Waals surface area contributed by atoms with Crippen LogP contribution in [0.15, 0.2) is 16.7 Å². The molecule has 0 amide bonds. The van der Waals surface area contributed by atoms with Gasteiger partial charge in [-0.05, 0) is 12.9 Å². The van der Waals surface area contributed by atoms with Crippen LogP contribution in [0.2, 0.25) is 5.15 Å². The van der Waals surface area contributed by atoms with E-state index in [-0.39, 0.29) is 27.4 Å². The average Bonchev–Trinajstić information content (AvgIpc) is 1.97. The van der Waals surface area contributed by atoms with Crippen molar-refractivity contribution in [2.45, 2.75) is 6.85 Å². The van der Waals surface area contributed by atoms with E-state index in [0.717, 1.165) is 0 Å². The van der Waals surface area contributed by atoms with Crippen molar-refractivity contribution < 1.29 is 6.85 Å². The molecule has 0 N–H and O–H groups in total. The molecule has 0 saturated carbocycles. The molecule has 1 aromatic heterocycles. The molecule has 0 aromatic carbocycles. The second-order valence-corrected chi connectivity index (χ2v) is 2.48. The van der Waals surface area contributed by atoms with Gasteiger partial charge in [-0.3, -0.25) is 0 Å². The number of hydrogen-bond donors (Lipinski definition) is 0. The molecule has 0 radical (unpaired) electrons. The molecule has 0 unspecified atom stereocenters. The van der Waals surface area contributed by atoms with Gasteiger partial charge in [0.15, 0.2) is 0 Å². The van der Waals surface area contributed by atoms with Gasteiger partial charge in [0.05, 0.1) is 2.74 Å². The Labute approximate surface area is 74.2 Å². The molecule has 48 valence electrons. The van der Waals surface area contributed by atoms with Gasteiger partial charge in [0.25, 0.3) is 0 Å². The minimum atomic E-state index is -2.44. The Morgan fingerprint density at radius 2 is 2.78 bits per heavy atom. The van der Waals surface area contributed by atoms with Crippen LogP contribution in [0, 0.1) is 6.85 Å². The van der Waals surface area contributed by atoms with Crippen molar-refractivity contribution in [2.75, 3.05) is 0 Å². The molecular formula is C6H5BrClN. The van der Waals surface area contributed by atoms with Gasteiger partial charge in [0.2, 0.25) is 0 Å². The molecular weight excluding hydrogens is 201 g/mol. The van der Waals surface area contributed by atoms with Gasteiger partial charge < -0.3 is 0 Å². The molecule has 0 aliphatic heterocycles. The first-order chi connectivity index (χ1) is 6.25. The molecule has 1 heterocycles. The van der Waals surface area contributed by atoms with E-state index in [1.807, 2.05) is 0 Å². The first kappa shape index (κ1) is 2.89. The highest BCUT2D eigenvalue weighted by Crippen LogP contribution is 2.20. The predicted octanol–water partition coefficient (Wildman–Crippen LogP) is 2.81. The van der Waals surface area contributed by atoms with E-state index in [2.05, 4.69) is 20.9 Å². The smallest absolute Gasteiger partial charge is 0.133 e. The highest BCUT2D eigenvalue weighted by Gasteiger charge is 1.97. The molecule has 3 heteroatoms. The molecule has 0 aliphatic rings. The van der Waals surface area contributed by atoms with Crippen molar-refractivity contribution in [3.8, 4) is 0 Å². The molecule has 0 spiro atoms. The Hall–Kier alpha value is -0.0800. The summed E-state index contributed by atoms with van der Waals surface area (Å²) in [7, 11) is 0. The Balaban J connectivity index is 3.53. The minimum absolute atomic E-state index is 0.00231. The van der Waals surface area contributed by atoms with Crippen molar-refractivity contribution in [1.82, 2.24) is 4.98 Å². The van der Waals surface area contributed by atoms with Crippen LogP contribution >= 0.6 is 27.5 Å². The molecule has 9 heavy (non-hydrogen) atoms. The number of rotatable bonds is 0. The van der Waals surface area contributed by atoms with E-state index >= 15 is 0 Å². The van der Waals surface area contributed by atoms with Crippen LogP contribution in [0.4, 0.5) is 0 Å². The minimum Gasteiger partial charge on any atom is -0.244 e. The van der Waals surface area contributed by atoms with Gasteiger partial charge in [0, 0.05) is 20.3 Å². The monoisotopic (exact) mass is 210 g/mol. The Kier molecular flexibility index (Phi) is 0.856. The summed E-state index contributed by atoms with van der Waals surface area (Å²) in [5.74, 6) is 0. The molecule has 0 aliphatic carbocycles. The van der Waals surface area contributed by atoms with Crippen LogP contribution in [0.3, 0.4) is 0 Å². The summed E-state index contributed by atoms with van der Waals surface area (Å²) >= 11 is 8.51. The topological polar surface area (TPSA) is 12.9 Å². The summed E-state index contributed by atoms with van der Waals surface area (Å²) in [5, 5.41) is -0.266. The second kappa shape index (κ2) is 2.67. The van der Waals surface area contributed by atoms with Gasteiger partial charge in [-0.15, -0.1) is 0 Å². The van der Waals surface area contributed by atoms with Crippen molar-refractivity contribution in [2.24, 2.45) is 0 Å². The maximum Gasteiger partial charge on any atom is 0.133 e. The van der Waals surface area contributed by atoms with Crippen LogP contribution in [0.5, 0.6) is 0 Å². The lowest BCUT2D eigenvalue weighted by Gasteiger charge is -1.96. The molecule has 1 nitrogen and oxygen atoms in total. The normalized spacial score (nSPS) is 19.1. The van der Waals surface area contributed by atoms with Crippen LogP contribution in [0.1, 0.15) is 12.4 Å². The summed E-state index contributed by atoms with van der Waals surface area (Å²) in [5.41, 5.74) is -0.222. The summed E-state index contributed by atoms with van der Waals surface area (Å²) < 4.78 is 36.0. The largest absolute Gasteiger partial charge is 0.244 e. The Morgan fingerprint density at radius 1 is 2.00 bits per heavy atom. The fraction of sp³-hybridized carbons (Fsp3) is 0.167. The van der Waals surface area contributed by atoms with Gasteiger partial charge in [-0.25, -0.2) is 4.98 Å². The fourth-order valence-corrected chi connectivity index (χ4v) is 0.862. The second-order valence-electron chi connectivity index (χ2n) is 1.33. The van der Waals surface area contributed by atoms with Crippen molar-refractivity contribution in [3.63, 3.8) is 0 Å². The van der Waals surface area contributed by atoms with Crippen molar-refractivity contribution in [1.29, 1.82) is 0 Å². The van der Waals surface area contributed by atoms with Gasteiger partial charge in [-0.1, -0.05) is 27.5 Å². The van der Waals surface area contributed by atoms with E-state index in [1.165, 1.54) is 0 Å². The summed E-state index contributed by atoms with van der Waals surface area (Å²) in [6.07, 6.45) is -0.352. The molecule has 0 bridgehead atoms. The lowest BCUT2D eigenvalue weighted by molar-refractivity contribution is 1.25. The van der Waals surface area contributed by atoms with Gasteiger partial charge in [0.1, 0.15) is 5.15 Å². The van der Waals surface area contributed by atoms with Crippen molar-refractivity contribution >= 4 is 27.5 Å². The van der Waals surface area contributed by atoms with Crippen molar-refractivity contribution in [3.05, 3.63) is 27.4 Å². The van der Waals surface area contributed by atoms with Gasteiger partial charge in [-0.2, -0.15) is 0 Å². The highest BCUT2D eigenvalue weighted by atomic mass is 79.9. The summed E-state index contributed by atoms with van der Waals surface area (Å²) in [4.78, 5) is 3.45. The zero-order valence-electron chi connectivity index (χ0n) is 9.20.